The van der Waals surface area contributed by atoms with Crippen LogP contribution in [0.1, 0.15) is 38.5 Å². The molecule has 3 heteroatoms. The largest absolute Gasteiger partial charge is 0.342 e. The molecule has 0 saturated heterocycles. The molecule has 96 valence electrons. The molecule has 0 aromatic rings. The minimum absolute atomic E-state index is 0.382. The van der Waals surface area contributed by atoms with Gasteiger partial charge in [-0.05, 0) is 50.0 Å². The van der Waals surface area contributed by atoms with E-state index >= 15 is 0 Å². The zero-order valence-electron chi connectivity index (χ0n) is 10.8. The summed E-state index contributed by atoms with van der Waals surface area (Å²) < 4.78 is 0. The fourth-order valence-corrected chi connectivity index (χ4v) is 4.39. The van der Waals surface area contributed by atoms with Gasteiger partial charge in [-0.15, -0.1) is 0 Å². The van der Waals surface area contributed by atoms with Gasteiger partial charge in [-0.2, -0.15) is 0 Å². The lowest BCUT2D eigenvalue weighted by molar-refractivity contribution is -0.134. The summed E-state index contributed by atoms with van der Waals surface area (Å²) in [4.78, 5) is 14.5. The number of hydrogen-bond acceptors (Lipinski definition) is 2. The molecule has 17 heavy (non-hydrogen) atoms. The Morgan fingerprint density at radius 2 is 1.82 bits per heavy atom. The van der Waals surface area contributed by atoms with Crippen LogP contribution in [-0.4, -0.2) is 30.4 Å². The van der Waals surface area contributed by atoms with Crippen LogP contribution in [0.3, 0.4) is 0 Å². The molecular formula is C14H24N2O. The van der Waals surface area contributed by atoms with Crippen molar-refractivity contribution in [3.63, 3.8) is 0 Å². The van der Waals surface area contributed by atoms with Gasteiger partial charge in [0, 0.05) is 19.0 Å². The van der Waals surface area contributed by atoms with Crippen LogP contribution in [0.15, 0.2) is 0 Å². The minimum atomic E-state index is 0.382. The van der Waals surface area contributed by atoms with Crippen molar-refractivity contribution in [2.75, 3.05) is 13.6 Å². The van der Waals surface area contributed by atoms with Crippen LogP contribution in [0.4, 0.5) is 0 Å². The summed E-state index contributed by atoms with van der Waals surface area (Å²) >= 11 is 0. The van der Waals surface area contributed by atoms with E-state index in [0.717, 1.165) is 24.8 Å². The second-order valence-corrected chi connectivity index (χ2v) is 6.23. The predicted octanol–water partition coefficient (Wildman–Crippen LogP) is 1.62. The summed E-state index contributed by atoms with van der Waals surface area (Å²) in [7, 11) is 2.01. The molecule has 0 spiro atoms. The topological polar surface area (TPSA) is 46.3 Å². The highest BCUT2D eigenvalue weighted by atomic mass is 16.2. The summed E-state index contributed by atoms with van der Waals surface area (Å²) in [5, 5.41) is 0. The summed E-state index contributed by atoms with van der Waals surface area (Å²) in [5.41, 5.74) is 5.81. The highest BCUT2D eigenvalue weighted by Gasteiger charge is 2.57. The molecule has 4 unspecified atom stereocenters. The number of carbonyl (C=O) groups is 1. The molecule has 0 heterocycles. The molecule has 3 saturated carbocycles. The van der Waals surface area contributed by atoms with Crippen molar-refractivity contribution < 1.29 is 4.79 Å². The monoisotopic (exact) mass is 236 g/mol. The van der Waals surface area contributed by atoms with E-state index in [9.17, 15) is 4.79 Å². The molecule has 3 aliphatic carbocycles. The number of fused-ring (bicyclic) bond motifs is 1. The molecule has 4 atom stereocenters. The van der Waals surface area contributed by atoms with E-state index in [-0.39, 0.29) is 0 Å². The Balaban J connectivity index is 1.62. The lowest BCUT2D eigenvalue weighted by Crippen LogP contribution is -2.42. The second kappa shape index (κ2) is 4.27. The molecular weight excluding hydrogens is 212 g/mol. The Hall–Kier alpha value is -0.570. The Bertz CT molecular complexity index is 307. The summed E-state index contributed by atoms with van der Waals surface area (Å²) in [6.07, 6.45) is 7.53. The van der Waals surface area contributed by atoms with Crippen molar-refractivity contribution in [1.29, 1.82) is 0 Å². The van der Waals surface area contributed by atoms with Crippen molar-refractivity contribution in [2.24, 2.45) is 29.4 Å². The van der Waals surface area contributed by atoms with Gasteiger partial charge in [0.1, 0.15) is 0 Å². The van der Waals surface area contributed by atoms with E-state index in [0.29, 0.717) is 23.8 Å². The maximum absolute atomic E-state index is 12.5. The SMILES string of the molecule is CN(C(=O)C1C2CCCC21)C1CCCC1CN. The quantitative estimate of drug-likeness (QED) is 0.809. The highest BCUT2D eigenvalue weighted by molar-refractivity contribution is 5.82. The lowest BCUT2D eigenvalue weighted by atomic mass is 10.0. The maximum atomic E-state index is 12.5. The van der Waals surface area contributed by atoms with E-state index in [1.165, 1.54) is 32.1 Å². The van der Waals surface area contributed by atoms with Gasteiger partial charge in [-0.3, -0.25) is 4.79 Å². The summed E-state index contributed by atoms with van der Waals surface area (Å²) in [5.74, 6) is 2.82. The van der Waals surface area contributed by atoms with E-state index in [1.807, 2.05) is 11.9 Å². The van der Waals surface area contributed by atoms with Gasteiger partial charge in [-0.25, -0.2) is 0 Å². The van der Waals surface area contributed by atoms with Crippen LogP contribution < -0.4 is 5.73 Å². The number of carbonyl (C=O) groups excluding carboxylic acids is 1. The molecule has 3 aliphatic rings. The molecule has 3 nitrogen and oxygen atoms in total. The molecule has 3 rings (SSSR count). The van der Waals surface area contributed by atoms with Crippen molar-refractivity contribution in [2.45, 2.75) is 44.6 Å². The van der Waals surface area contributed by atoms with Crippen molar-refractivity contribution in [3.8, 4) is 0 Å². The summed E-state index contributed by atoms with van der Waals surface area (Å²) in [6.45, 7) is 0.736. The first kappa shape index (κ1) is 11.5. The second-order valence-electron chi connectivity index (χ2n) is 6.23. The van der Waals surface area contributed by atoms with Crippen molar-refractivity contribution >= 4 is 5.91 Å². The first-order valence-corrected chi connectivity index (χ1v) is 7.20. The highest BCUT2D eigenvalue weighted by Crippen LogP contribution is 2.58. The molecule has 0 radical (unpaired) electrons. The minimum Gasteiger partial charge on any atom is -0.342 e. The van der Waals surface area contributed by atoms with E-state index in [4.69, 9.17) is 5.73 Å². The van der Waals surface area contributed by atoms with Gasteiger partial charge in [-0.1, -0.05) is 12.8 Å². The number of rotatable bonds is 3. The van der Waals surface area contributed by atoms with E-state index in [1.54, 1.807) is 0 Å². The van der Waals surface area contributed by atoms with Crippen LogP contribution in [0, 0.1) is 23.7 Å². The van der Waals surface area contributed by atoms with Crippen LogP contribution in [-0.2, 0) is 4.79 Å². The molecule has 1 amide bonds. The lowest BCUT2D eigenvalue weighted by Gasteiger charge is -2.29. The smallest absolute Gasteiger partial charge is 0.226 e. The van der Waals surface area contributed by atoms with Crippen molar-refractivity contribution in [1.82, 2.24) is 4.90 Å². The normalized spacial score (nSPS) is 43.5. The molecule has 0 aromatic heterocycles. The third-order valence-electron chi connectivity index (χ3n) is 5.46. The first-order chi connectivity index (χ1) is 8.24. The van der Waals surface area contributed by atoms with Gasteiger partial charge >= 0.3 is 0 Å². The Morgan fingerprint density at radius 3 is 2.47 bits per heavy atom. The number of hydrogen-bond donors (Lipinski definition) is 1. The number of amides is 1. The Morgan fingerprint density at radius 1 is 1.18 bits per heavy atom. The predicted molar refractivity (Wildman–Crippen MR) is 67.3 cm³/mol. The Labute approximate surface area is 104 Å². The molecule has 0 bridgehead atoms. The van der Waals surface area contributed by atoms with Crippen molar-refractivity contribution in [3.05, 3.63) is 0 Å². The van der Waals surface area contributed by atoms with Crippen LogP contribution >= 0.6 is 0 Å². The zero-order valence-corrected chi connectivity index (χ0v) is 10.8. The van der Waals surface area contributed by atoms with Crippen LogP contribution in [0.5, 0.6) is 0 Å². The molecule has 2 N–H and O–H groups in total. The van der Waals surface area contributed by atoms with Gasteiger partial charge in [0.25, 0.3) is 0 Å². The molecule has 0 aliphatic heterocycles. The fourth-order valence-electron chi connectivity index (χ4n) is 4.39. The summed E-state index contributed by atoms with van der Waals surface area (Å²) in [6, 6.07) is 0.425. The average molecular weight is 236 g/mol. The van der Waals surface area contributed by atoms with Gasteiger partial charge in [0.15, 0.2) is 0 Å². The van der Waals surface area contributed by atoms with Crippen LogP contribution in [0.2, 0.25) is 0 Å². The molecule has 0 aromatic carbocycles. The maximum Gasteiger partial charge on any atom is 0.226 e. The third kappa shape index (κ3) is 1.79. The van der Waals surface area contributed by atoms with E-state index < -0.39 is 0 Å². The van der Waals surface area contributed by atoms with Gasteiger partial charge in [0.2, 0.25) is 5.91 Å². The number of nitrogens with two attached hydrogens (primary N) is 1. The van der Waals surface area contributed by atoms with Gasteiger partial charge in [0.05, 0.1) is 0 Å². The third-order valence-corrected chi connectivity index (χ3v) is 5.46. The average Bonchev–Trinajstić information content (AvgIpc) is 2.79. The first-order valence-electron chi connectivity index (χ1n) is 7.20. The van der Waals surface area contributed by atoms with E-state index in [2.05, 4.69) is 0 Å². The Kier molecular flexibility index (Phi) is 2.89. The standard InChI is InChI=1S/C14H24N2O/c1-16(12-7-2-4-9(12)8-15)14(17)13-10-5-3-6-11(10)13/h9-13H,2-8,15H2,1H3. The van der Waals surface area contributed by atoms with Crippen LogP contribution in [0.25, 0.3) is 0 Å². The number of nitrogens with zero attached hydrogens (tertiary/aromatic N) is 1. The molecule has 3 fully saturated rings. The zero-order chi connectivity index (χ0) is 12.0. The fraction of sp³-hybridized carbons (Fsp3) is 0.929. The van der Waals surface area contributed by atoms with Gasteiger partial charge < -0.3 is 10.6 Å².